The molecule has 0 aromatic carbocycles. The fourth-order valence-corrected chi connectivity index (χ4v) is 5.03. The Kier molecular flexibility index (Phi) is 18.7. The summed E-state index contributed by atoms with van der Waals surface area (Å²) in [5.74, 6) is 0.0451. The molecule has 1 aromatic rings. The third-order valence-electron chi connectivity index (χ3n) is 6.63. The van der Waals surface area contributed by atoms with E-state index in [0.717, 1.165) is 23.8 Å². The van der Waals surface area contributed by atoms with Crippen LogP contribution in [-0.2, 0) is 20.4 Å². The van der Waals surface area contributed by atoms with E-state index in [1.807, 2.05) is 0 Å². The average molecular weight is 579 g/mol. The van der Waals surface area contributed by atoms with Gasteiger partial charge in [-0.15, -0.1) is 0 Å². The Balaban J connectivity index is 2.22. The van der Waals surface area contributed by atoms with Crippen molar-refractivity contribution in [3.63, 3.8) is 0 Å². The standard InChI is InChI=1S/C26H51N4O8P/c1-2-3-4-5-6-7-8-9-10-11-12-13-14-23(32)25(33)22(27)19-38-39(35,36)20-37-21(18-31)17-30-16-15-24(28)29-26(30)34/h15-16,21-23,25,31-33H,2-14,17-20,27H2,1H3,(H,35,36)(H2,28,29,34)/t21?,22-,23+,25-/m0/s1. The summed E-state index contributed by atoms with van der Waals surface area (Å²) >= 11 is 0. The molecule has 228 valence electrons. The van der Waals surface area contributed by atoms with Crippen molar-refractivity contribution in [2.75, 3.05) is 25.3 Å². The lowest BCUT2D eigenvalue weighted by molar-refractivity contribution is -0.0131. The maximum absolute atomic E-state index is 12.3. The van der Waals surface area contributed by atoms with Crippen LogP contribution in [-0.4, -0.2) is 73.7 Å². The molecule has 0 aliphatic rings. The maximum atomic E-state index is 12.3. The molecule has 2 unspecified atom stereocenters. The third kappa shape index (κ3) is 16.5. The number of hydrogen-bond donors (Lipinski definition) is 6. The molecule has 39 heavy (non-hydrogen) atoms. The Morgan fingerprint density at radius 3 is 2.13 bits per heavy atom. The van der Waals surface area contributed by atoms with Crippen LogP contribution in [0.25, 0.3) is 0 Å². The van der Waals surface area contributed by atoms with E-state index in [0.29, 0.717) is 6.42 Å². The van der Waals surface area contributed by atoms with Gasteiger partial charge in [0.15, 0.2) is 0 Å². The van der Waals surface area contributed by atoms with Crippen LogP contribution in [0, 0.1) is 0 Å². The van der Waals surface area contributed by atoms with Crippen LogP contribution in [0.5, 0.6) is 0 Å². The van der Waals surface area contributed by atoms with E-state index in [-0.39, 0.29) is 12.4 Å². The number of nitrogens with two attached hydrogens (primary N) is 2. The molecule has 0 fully saturated rings. The molecule has 0 aliphatic carbocycles. The van der Waals surface area contributed by atoms with E-state index in [9.17, 15) is 29.6 Å². The van der Waals surface area contributed by atoms with Crippen molar-refractivity contribution in [2.24, 2.45) is 5.73 Å². The molecule has 0 bridgehead atoms. The van der Waals surface area contributed by atoms with Gasteiger partial charge in [0.1, 0.15) is 12.2 Å². The highest BCUT2D eigenvalue weighted by atomic mass is 31.2. The molecule has 1 aromatic heterocycles. The number of ether oxygens (including phenoxy) is 1. The van der Waals surface area contributed by atoms with E-state index in [2.05, 4.69) is 11.9 Å². The van der Waals surface area contributed by atoms with Crippen LogP contribution >= 0.6 is 7.60 Å². The summed E-state index contributed by atoms with van der Waals surface area (Å²) in [5.41, 5.74) is 10.7. The summed E-state index contributed by atoms with van der Waals surface area (Å²) in [6.45, 7) is 1.11. The lowest BCUT2D eigenvalue weighted by atomic mass is 10.00. The molecule has 0 spiro atoms. The van der Waals surface area contributed by atoms with Crippen LogP contribution in [0.4, 0.5) is 5.82 Å². The molecule has 1 rings (SSSR count). The molecule has 0 aliphatic heterocycles. The van der Waals surface area contributed by atoms with Gasteiger partial charge in [-0.25, -0.2) is 4.79 Å². The van der Waals surface area contributed by atoms with Crippen molar-refractivity contribution >= 4 is 13.4 Å². The molecule has 8 N–H and O–H groups in total. The number of aliphatic hydroxyl groups excluding tert-OH is 3. The maximum Gasteiger partial charge on any atom is 0.353 e. The van der Waals surface area contributed by atoms with Gasteiger partial charge in [-0.1, -0.05) is 84.0 Å². The molecule has 12 nitrogen and oxygen atoms in total. The first-order chi connectivity index (χ1) is 18.6. The second-order valence-electron chi connectivity index (χ2n) is 10.2. The first-order valence-electron chi connectivity index (χ1n) is 14.2. The smallest absolute Gasteiger partial charge is 0.353 e. The largest absolute Gasteiger partial charge is 0.394 e. The molecule has 0 amide bonds. The van der Waals surface area contributed by atoms with Gasteiger partial charge < -0.3 is 40.9 Å². The number of rotatable bonds is 24. The van der Waals surface area contributed by atoms with Crippen molar-refractivity contribution in [3.05, 3.63) is 22.7 Å². The highest BCUT2D eigenvalue weighted by molar-refractivity contribution is 7.52. The number of hydrogen-bond acceptors (Lipinski definition) is 10. The zero-order valence-corrected chi connectivity index (χ0v) is 24.3. The van der Waals surface area contributed by atoms with E-state index in [1.165, 1.54) is 70.1 Å². The summed E-state index contributed by atoms with van der Waals surface area (Å²) in [6, 6.07) is 0.320. The lowest BCUT2D eigenvalue weighted by Crippen LogP contribution is -2.45. The SMILES string of the molecule is CCCCCCCCCCCCCC[C@@H](O)[C@@H](O)[C@@H](N)COP(=O)(O)COC(CO)Cn1ccc(N)nc1=O. The predicted octanol–water partition coefficient (Wildman–Crippen LogP) is 2.50. The minimum Gasteiger partial charge on any atom is -0.394 e. The average Bonchev–Trinajstić information content (AvgIpc) is 2.90. The monoisotopic (exact) mass is 578 g/mol. The van der Waals surface area contributed by atoms with Crippen molar-refractivity contribution in [1.82, 2.24) is 9.55 Å². The molecule has 0 saturated carbocycles. The van der Waals surface area contributed by atoms with Crippen LogP contribution in [0.3, 0.4) is 0 Å². The van der Waals surface area contributed by atoms with Crippen molar-refractivity contribution < 1.29 is 34.0 Å². The van der Waals surface area contributed by atoms with Crippen molar-refractivity contribution in [1.29, 1.82) is 0 Å². The summed E-state index contributed by atoms with van der Waals surface area (Å²) in [4.78, 5) is 25.4. The van der Waals surface area contributed by atoms with E-state index in [4.69, 9.17) is 20.7 Å². The molecule has 0 saturated heterocycles. The van der Waals surface area contributed by atoms with Crippen molar-refractivity contribution in [2.45, 2.75) is 121 Å². The van der Waals surface area contributed by atoms with Gasteiger partial charge in [0.2, 0.25) is 0 Å². The van der Waals surface area contributed by atoms with Gasteiger partial charge in [-0.05, 0) is 12.5 Å². The van der Waals surface area contributed by atoms with Crippen LogP contribution < -0.4 is 17.2 Å². The number of aromatic nitrogens is 2. The molecule has 13 heteroatoms. The third-order valence-corrected chi connectivity index (χ3v) is 7.66. The van der Waals surface area contributed by atoms with Crippen LogP contribution in [0.15, 0.2) is 17.1 Å². The summed E-state index contributed by atoms with van der Waals surface area (Å²) < 4.78 is 23.7. The van der Waals surface area contributed by atoms with Gasteiger partial charge in [-0.2, -0.15) is 4.98 Å². The zero-order chi connectivity index (χ0) is 29.1. The fourth-order valence-electron chi connectivity index (χ4n) is 4.15. The van der Waals surface area contributed by atoms with E-state index < -0.39 is 57.2 Å². The summed E-state index contributed by atoms with van der Waals surface area (Å²) in [7, 11) is -4.29. The van der Waals surface area contributed by atoms with Gasteiger partial charge in [0, 0.05) is 6.20 Å². The topological polar surface area (TPSA) is 203 Å². The molecule has 5 atom stereocenters. The molecular formula is C26H51N4O8P. The summed E-state index contributed by atoms with van der Waals surface area (Å²) in [6.07, 6.45) is 12.0. The highest BCUT2D eigenvalue weighted by Gasteiger charge is 2.28. The Bertz CT molecular complexity index is 875. The molecule has 0 radical (unpaired) electrons. The zero-order valence-electron chi connectivity index (χ0n) is 23.4. The summed E-state index contributed by atoms with van der Waals surface area (Å²) in [5, 5.41) is 30.0. The number of nitrogens with zero attached hydrogens (tertiary/aromatic N) is 2. The Labute approximate surface area is 232 Å². The Morgan fingerprint density at radius 2 is 1.59 bits per heavy atom. The molecule has 1 heterocycles. The first-order valence-corrected chi connectivity index (χ1v) is 16.0. The van der Waals surface area contributed by atoms with E-state index in [1.54, 1.807) is 0 Å². The first kappa shape index (κ1) is 35.7. The van der Waals surface area contributed by atoms with Gasteiger partial charge in [0.05, 0.1) is 44.1 Å². The number of anilines is 1. The second-order valence-corrected chi connectivity index (χ2v) is 12.0. The Hall–Kier alpha value is -1.37. The van der Waals surface area contributed by atoms with Gasteiger partial charge in [-0.3, -0.25) is 9.13 Å². The number of nitrogen functional groups attached to an aromatic ring is 1. The van der Waals surface area contributed by atoms with E-state index >= 15 is 0 Å². The van der Waals surface area contributed by atoms with Crippen LogP contribution in [0.1, 0.15) is 90.4 Å². The second kappa shape index (κ2) is 20.5. The van der Waals surface area contributed by atoms with Gasteiger partial charge in [0.25, 0.3) is 0 Å². The number of aliphatic hydroxyl groups is 3. The normalized spacial score (nSPS) is 16.5. The minimum absolute atomic E-state index is 0.0451. The predicted molar refractivity (Wildman–Crippen MR) is 151 cm³/mol. The quantitative estimate of drug-likeness (QED) is 0.0777. The van der Waals surface area contributed by atoms with Gasteiger partial charge >= 0.3 is 13.3 Å². The van der Waals surface area contributed by atoms with Crippen molar-refractivity contribution in [3.8, 4) is 0 Å². The lowest BCUT2D eigenvalue weighted by Gasteiger charge is -2.25. The fraction of sp³-hybridized carbons (Fsp3) is 0.846. The highest BCUT2D eigenvalue weighted by Crippen LogP contribution is 2.42. The minimum atomic E-state index is -4.29. The number of unbranched alkanes of at least 4 members (excludes halogenated alkanes) is 11. The Morgan fingerprint density at radius 1 is 1.03 bits per heavy atom. The van der Waals surface area contributed by atoms with Crippen LogP contribution in [0.2, 0.25) is 0 Å². The molecular weight excluding hydrogens is 527 g/mol.